The van der Waals surface area contributed by atoms with Crippen LogP contribution in [0.1, 0.15) is 22.7 Å². The van der Waals surface area contributed by atoms with Gasteiger partial charge in [0, 0.05) is 24.7 Å². The molecule has 1 aliphatic heterocycles. The SMILES string of the molecule is O=C(O)c1cn2c(n1)C1=CC=C(F)CC1OCC2. The maximum atomic E-state index is 13.2. The highest BCUT2D eigenvalue weighted by Crippen LogP contribution is 2.31. The number of halogens is 1. The maximum Gasteiger partial charge on any atom is 0.356 e. The van der Waals surface area contributed by atoms with Crippen molar-refractivity contribution < 1.29 is 19.0 Å². The van der Waals surface area contributed by atoms with Crippen LogP contribution in [0.2, 0.25) is 0 Å². The van der Waals surface area contributed by atoms with Crippen LogP contribution in [0.25, 0.3) is 5.57 Å². The van der Waals surface area contributed by atoms with Crippen molar-refractivity contribution in [2.24, 2.45) is 0 Å². The Hall–Kier alpha value is -1.95. The molecule has 18 heavy (non-hydrogen) atoms. The molecule has 0 bridgehead atoms. The fraction of sp³-hybridized carbons (Fsp3) is 0.333. The summed E-state index contributed by atoms with van der Waals surface area (Å²) in [4.78, 5) is 15.0. The Morgan fingerprint density at radius 2 is 2.39 bits per heavy atom. The van der Waals surface area contributed by atoms with Crippen molar-refractivity contribution in [2.75, 3.05) is 6.61 Å². The summed E-state index contributed by atoms with van der Waals surface area (Å²) < 4.78 is 20.5. The molecule has 0 fully saturated rings. The standard InChI is InChI=1S/C12H11FN2O3/c13-7-1-2-8-10(5-7)18-4-3-15-6-9(12(16)17)14-11(8)15/h1-2,6,10H,3-5H2,(H,16,17). The van der Waals surface area contributed by atoms with E-state index in [1.165, 1.54) is 12.3 Å². The maximum absolute atomic E-state index is 13.2. The average molecular weight is 250 g/mol. The van der Waals surface area contributed by atoms with Gasteiger partial charge in [-0.05, 0) is 6.08 Å². The number of hydrogen-bond donors (Lipinski definition) is 1. The first kappa shape index (κ1) is 11.2. The first-order valence-corrected chi connectivity index (χ1v) is 5.64. The first-order chi connectivity index (χ1) is 8.65. The number of allylic oxidation sites excluding steroid dienone is 2. The lowest BCUT2D eigenvalue weighted by molar-refractivity contribution is 0.0689. The van der Waals surface area contributed by atoms with Gasteiger partial charge in [0.25, 0.3) is 0 Å². The van der Waals surface area contributed by atoms with Crippen LogP contribution < -0.4 is 0 Å². The van der Waals surface area contributed by atoms with E-state index < -0.39 is 5.97 Å². The molecular weight excluding hydrogens is 239 g/mol. The van der Waals surface area contributed by atoms with Gasteiger partial charge in [0.05, 0.1) is 12.7 Å². The van der Waals surface area contributed by atoms with Crippen molar-refractivity contribution in [3.05, 3.63) is 35.7 Å². The van der Waals surface area contributed by atoms with E-state index >= 15 is 0 Å². The highest BCUT2D eigenvalue weighted by Gasteiger charge is 2.28. The zero-order chi connectivity index (χ0) is 12.7. The number of fused-ring (bicyclic) bond motifs is 3. The molecule has 5 nitrogen and oxygen atoms in total. The zero-order valence-corrected chi connectivity index (χ0v) is 9.47. The van der Waals surface area contributed by atoms with Crippen LogP contribution in [0, 0.1) is 0 Å². The van der Waals surface area contributed by atoms with E-state index in [1.54, 1.807) is 10.6 Å². The molecule has 0 aromatic carbocycles. The summed E-state index contributed by atoms with van der Waals surface area (Å²) >= 11 is 0. The third-order valence-corrected chi connectivity index (χ3v) is 3.08. The Kier molecular flexibility index (Phi) is 2.52. The Labute approximate surface area is 102 Å². The van der Waals surface area contributed by atoms with E-state index in [0.29, 0.717) is 19.0 Å². The zero-order valence-electron chi connectivity index (χ0n) is 9.47. The minimum atomic E-state index is -1.06. The molecule has 1 aromatic rings. The summed E-state index contributed by atoms with van der Waals surface area (Å²) in [5.74, 6) is -0.743. The molecule has 94 valence electrons. The van der Waals surface area contributed by atoms with Gasteiger partial charge in [-0.15, -0.1) is 0 Å². The lowest BCUT2D eigenvalue weighted by Gasteiger charge is -2.19. The van der Waals surface area contributed by atoms with Gasteiger partial charge in [-0.1, -0.05) is 6.08 Å². The van der Waals surface area contributed by atoms with Gasteiger partial charge < -0.3 is 14.4 Å². The normalized spacial score (nSPS) is 22.4. The van der Waals surface area contributed by atoms with Gasteiger partial charge in [0.1, 0.15) is 11.7 Å². The van der Waals surface area contributed by atoms with Gasteiger partial charge in [0.2, 0.25) is 0 Å². The van der Waals surface area contributed by atoms with Crippen molar-refractivity contribution in [1.82, 2.24) is 9.55 Å². The van der Waals surface area contributed by atoms with Crippen LogP contribution in [0.5, 0.6) is 0 Å². The van der Waals surface area contributed by atoms with E-state index in [2.05, 4.69) is 4.98 Å². The highest BCUT2D eigenvalue weighted by atomic mass is 19.1. The monoisotopic (exact) mass is 250 g/mol. The third-order valence-electron chi connectivity index (χ3n) is 3.08. The lowest BCUT2D eigenvalue weighted by Crippen LogP contribution is -2.17. The van der Waals surface area contributed by atoms with Crippen molar-refractivity contribution in [3.63, 3.8) is 0 Å². The molecule has 0 radical (unpaired) electrons. The van der Waals surface area contributed by atoms with E-state index in [1.807, 2.05) is 0 Å². The van der Waals surface area contributed by atoms with Crippen molar-refractivity contribution in [1.29, 1.82) is 0 Å². The van der Waals surface area contributed by atoms with E-state index in [4.69, 9.17) is 9.84 Å². The highest BCUT2D eigenvalue weighted by molar-refractivity contribution is 5.86. The predicted molar refractivity (Wildman–Crippen MR) is 60.7 cm³/mol. The van der Waals surface area contributed by atoms with Crippen molar-refractivity contribution in [3.8, 4) is 0 Å². The van der Waals surface area contributed by atoms with Gasteiger partial charge in [0.15, 0.2) is 5.69 Å². The number of rotatable bonds is 1. The Morgan fingerprint density at radius 1 is 1.56 bits per heavy atom. The predicted octanol–water partition coefficient (Wildman–Crippen LogP) is 1.62. The second-order valence-electron chi connectivity index (χ2n) is 4.25. The largest absolute Gasteiger partial charge is 0.476 e. The molecular formula is C12H11FN2O3. The summed E-state index contributed by atoms with van der Waals surface area (Å²) in [7, 11) is 0. The molecule has 3 rings (SSSR count). The average Bonchev–Trinajstić information content (AvgIpc) is 2.67. The molecule has 0 spiro atoms. The lowest BCUT2D eigenvalue weighted by atomic mass is 10.0. The number of carboxylic acid groups (broad SMARTS) is 1. The molecule has 1 unspecified atom stereocenters. The van der Waals surface area contributed by atoms with E-state index in [-0.39, 0.29) is 24.0 Å². The van der Waals surface area contributed by atoms with Crippen LogP contribution in [0.3, 0.4) is 0 Å². The molecule has 1 N–H and O–H groups in total. The van der Waals surface area contributed by atoms with Crippen LogP contribution in [0.4, 0.5) is 4.39 Å². The molecule has 1 atom stereocenters. The topological polar surface area (TPSA) is 64.3 Å². The number of ether oxygens (including phenoxy) is 1. The second kappa shape index (κ2) is 4.06. The molecule has 0 saturated carbocycles. The van der Waals surface area contributed by atoms with E-state index in [0.717, 1.165) is 5.57 Å². The number of imidazole rings is 1. The Balaban J connectivity index is 2.10. The molecule has 1 aliphatic carbocycles. The molecule has 1 aromatic heterocycles. The number of carbonyl (C=O) groups is 1. The van der Waals surface area contributed by atoms with Crippen molar-refractivity contribution in [2.45, 2.75) is 19.1 Å². The number of nitrogens with zero attached hydrogens (tertiary/aromatic N) is 2. The van der Waals surface area contributed by atoms with Crippen LogP contribution in [0.15, 0.2) is 24.2 Å². The van der Waals surface area contributed by atoms with Crippen LogP contribution >= 0.6 is 0 Å². The summed E-state index contributed by atoms with van der Waals surface area (Å²) in [6, 6.07) is 0. The number of aromatic carboxylic acids is 1. The summed E-state index contributed by atoms with van der Waals surface area (Å²) in [6.07, 6.45) is 4.28. The quantitative estimate of drug-likeness (QED) is 0.822. The van der Waals surface area contributed by atoms with Crippen molar-refractivity contribution >= 4 is 11.5 Å². The van der Waals surface area contributed by atoms with Crippen LogP contribution in [-0.4, -0.2) is 33.3 Å². The summed E-state index contributed by atoms with van der Waals surface area (Å²) in [6.45, 7) is 0.933. The number of aromatic nitrogens is 2. The molecule has 6 heteroatoms. The minimum Gasteiger partial charge on any atom is -0.476 e. The minimum absolute atomic E-state index is 0.00146. The molecule has 0 amide bonds. The molecule has 0 saturated heterocycles. The number of hydrogen-bond acceptors (Lipinski definition) is 3. The summed E-state index contributed by atoms with van der Waals surface area (Å²) in [5.41, 5.74) is 0.739. The van der Waals surface area contributed by atoms with Gasteiger partial charge in [-0.2, -0.15) is 0 Å². The first-order valence-electron chi connectivity index (χ1n) is 5.64. The van der Waals surface area contributed by atoms with Gasteiger partial charge in [-0.25, -0.2) is 14.2 Å². The van der Waals surface area contributed by atoms with Gasteiger partial charge >= 0.3 is 5.97 Å². The Bertz CT molecular complexity index is 574. The third kappa shape index (κ3) is 1.74. The van der Waals surface area contributed by atoms with Crippen LogP contribution in [-0.2, 0) is 11.3 Å². The molecule has 2 aliphatic rings. The summed E-state index contributed by atoms with van der Waals surface area (Å²) in [5, 5.41) is 8.94. The fourth-order valence-electron chi connectivity index (χ4n) is 2.22. The second-order valence-corrected chi connectivity index (χ2v) is 4.25. The van der Waals surface area contributed by atoms with E-state index in [9.17, 15) is 9.18 Å². The molecule has 2 heterocycles. The smallest absolute Gasteiger partial charge is 0.356 e. The fourth-order valence-corrected chi connectivity index (χ4v) is 2.22. The number of carboxylic acids is 1. The van der Waals surface area contributed by atoms with Gasteiger partial charge in [-0.3, -0.25) is 0 Å². The Morgan fingerprint density at radius 3 is 3.17 bits per heavy atom.